The molecule has 1 aliphatic rings. The lowest BCUT2D eigenvalue weighted by atomic mass is 10.0. The van der Waals surface area contributed by atoms with Gasteiger partial charge >= 0.3 is 5.97 Å². The van der Waals surface area contributed by atoms with Crippen LogP contribution in [0.5, 0.6) is 5.75 Å². The largest absolute Gasteiger partial charge is 0.489 e. The number of unbranched alkanes of at least 4 members (excludes halogenated alkanes) is 6. The Morgan fingerprint density at radius 2 is 1.43 bits per heavy atom. The Kier molecular flexibility index (Phi) is 11.4. The van der Waals surface area contributed by atoms with E-state index in [2.05, 4.69) is 44.7 Å². The molecule has 0 heterocycles. The van der Waals surface area contributed by atoms with E-state index in [0.29, 0.717) is 29.8 Å². The average molecular weight is 570 g/mol. The minimum Gasteiger partial charge on any atom is -0.489 e. The molecule has 1 aliphatic carbocycles. The first-order chi connectivity index (χ1) is 20.3. The van der Waals surface area contributed by atoms with Crippen LogP contribution < -0.4 is 4.74 Å². The number of rotatable bonds is 16. The van der Waals surface area contributed by atoms with Gasteiger partial charge in [-0.05, 0) is 44.4 Å². The molecule has 3 aromatic carbocycles. The lowest BCUT2D eigenvalue weighted by molar-refractivity contribution is -0.152. The predicted molar refractivity (Wildman–Crippen MR) is 170 cm³/mol. The van der Waals surface area contributed by atoms with Crippen molar-refractivity contribution in [2.24, 2.45) is 0 Å². The smallest absolute Gasteiger partial charge is 0.306 e. The average Bonchev–Trinajstić information content (AvgIpc) is 3.27. The van der Waals surface area contributed by atoms with Gasteiger partial charge in [0.15, 0.2) is 5.78 Å². The molecule has 0 spiro atoms. The highest BCUT2D eigenvalue weighted by molar-refractivity contribution is 6.22. The molecule has 5 nitrogen and oxygen atoms in total. The zero-order chi connectivity index (χ0) is 30.0. The van der Waals surface area contributed by atoms with Gasteiger partial charge in [0.05, 0.1) is 0 Å². The molecular formula is C37H47NO4. The van der Waals surface area contributed by atoms with Gasteiger partial charge < -0.3 is 9.47 Å². The molecule has 0 N–H and O–H groups in total. The quantitative estimate of drug-likeness (QED) is 0.0998. The van der Waals surface area contributed by atoms with Crippen LogP contribution in [-0.2, 0) is 16.1 Å². The second kappa shape index (κ2) is 15.2. The number of hydrogen-bond donors (Lipinski definition) is 0. The minimum absolute atomic E-state index is 0.0190. The van der Waals surface area contributed by atoms with Crippen LogP contribution in [0.15, 0.2) is 72.8 Å². The fourth-order valence-electron chi connectivity index (χ4n) is 5.57. The third-order valence-corrected chi connectivity index (χ3v) is 8.01. The van der Waals surface area contributed by atoms with Gasteiger partial charge in [-0.15, -0.1) is 0 Å². The van der Waals surface area contributed by atoms with Crippen LogP contribution in [0.4, 0.5) is 0 Å². The molecule has 5 heteroatoms. The fraction of sp³-hybridized carbons (Fsp3) is 0.459. The number of ether oxygens (including phenoxy) is 2. The van der Waals surface area contributed by atoms with Crippen LogP contribution in [0.3, 0.4) is 0 Å². The summed E-state index contributed by atoms with van der Waals surface area (Å²) in [5.74, 6) is 0.485. The molecule has 0 saturated heterocycles. The van der Waals surface area contributed by atoms with E-state index in [9.17, 15) is 9.59 Å². The van der Waals surface area contributed by atoms with E-state index in [1.807, 2.05) is 60.7 Å². The van der Waals surface area contributed by atoms with Gasteiger partial charge in [-0.2, -0.15) is 0 Å². The van der Waals surface area contributed by atoms with Crippen LogP contribution >= 0.6 is 0 Å². The van der Waals surface area contributed by atoms with E-state index in [0.717, 1.165) is 36.9 Å². The Balaban J connectivity index is 1.47. The molecule has 0 bridgehead atoms. The number of fused-ring (bicyclic) bond motifs is 3. The number of carbonyl (C=O) groups is 2. The van der Waals surface area contributed by atoms with Crippen LogP contribution in [-0.4, -0.2) is 41.4 Å². The normalized spacial score (nSPS) is 13.1. The monoisotopic (exact) mass is 569 g/mol. The van der Waals surface area contributed by atoms with Crippen LogP contribution in [0, 0.1) is 0 Å². The second-order valence-electron chi connectivity index (χ2n) is 12.4. The number of nitrogens with zero attached hydrogens (tertiary/aromatic N) is 1. The van der Waals surface area contributed by atoms with Crippen molar-refractivity contribution in [3.05, 3.63) is 89.5 Å². The standard InChI is InChI=1S/C37H47NO4/c1-5-6-7-8-9-10-14-24-34(39)42-29(26-38(37(2,3)4)25-28-18-12-11-13-19-28)27-41-33-23-17-22-32-35(33)30-20-15-16-21-31(30)36(32)40/h11-13,15-23,29H,5-10,14,24-27H2,1-4H3. The van der Waals surface area contributed by atoms with Gasteiger partial charge in [-0.3, -0.25) is 14.5 Å². The van der Waals surface area contributed by atoms with Crippen LogP contribution in [0.25, 0.3) is 11.1 Å². The molecule has 0 aromatic heterocycles. The number of hydrogen-bond acceptors (Lipinski definition) is 5. The van der Waals surface area contributed by atoms with Crippen molar-refractivity contribution in [2.75, 3.05) is 13.2 Å². The second-order valence-corrected chi connectivity index (χ2v) is 12.4. The summed E-state index contributed by atoms with van der Waals surface area (Å²) in [6.45, 7) is 10.2. The van der Waals surface area contributed by atoms with Crippen molar-refractivity contribution in [3.63, 3.8) is 0 Å². The summed E-state index contributed by atoms with van der Waals surface area (Å²) in [7, 11) is 0. The van der Waals surface area contributed by atoms with Gasteiger partial charge in [0.25, 0.3) is 0 Å². The summed E-state index contributed by atoms with van der Waals surface area (Å²) in [6, 6.07) is 23.6. The highest BCUT2D eigenvalue weighted by Gasteiger charge is 2.31. The summed E-state index contributed by atoms with van der Waals surface area (Å²) >= 11 is 0. The van der Waals surface area contributed by atoms with Crippen LogP contribution in [0.1, 0.15) is 101 Å². The summed E-state index contributed by atoms with van der Waals surface area (Å²) in [5.41, 5.74) is 4.12. The van der Waals surface area contributed by atoms with Gasteiger partial charge in [0.2, 0.25) is 0 Å². The first-order valence-corrected chi connectivity index (χ1v) is 15.7. The highest BCUT2D eigenvalue weighted by Crippen LogP contribution is 2.42. The summed E-state index contributed by atoms with van der Waals surface area (Å²) in [4.78, 5) is 28.4. The van der Waals surface area contributed by atoms with Crippen molar-refractivity contribution in [1.29, 1.82) is 0 Å². The van der Waals surface area contributed by atoms with Gasteiger partial charge in [0, 0.05) is 41.7 Å². The summed E-state index contributed by atoms with van der Waals surface area (Å²) in [6.07, 6.45) is 8.02. The molecule has 0 saturated carbocycles. The Bertz CT molecular complexity index is 1310. The van der Waals surface area contributed by atoms with E-state index < -0.39 is 6.10 Å². The minimum atomic E-state index is -0.465. The van der Waals surface area contributed by atoms with Crippen molar-refractivity contribution >= 4 is 11.8 Å². The maximum Gasteiger partial charge on any atom is 0.306 e. The number of benzene rings is 3. The third kappa shape index (κ3) is 8.54. The first-order valence-electron chi connectivity index (χ1n) is 15.7. The van der Waals surface area contributed by atoms with E-state index in [-0.39, 0.29) is 23.9 Å². The van der Waals surface area contributed by atoms with E-state index in [1.165, 1.54) is 31.2 Å². The molecule has 0 aliphatic heterocycles. The lowest BCUT2D eigenvalue weighted by Crippen LogP contribution is -2.47. The Labute approximate surface area is 252 Å². The van der Waals surface area contributed by atoms with Crippen molar-refractivity contribution < 1.29 is 19.1 Å². The maximum atomic E-state index is 13.0. The van der Waals surface area contributed by atoms with Gasteiger partial charge in [-0.25, -0.2) is 0 Å². The number of ketones is 1. The molecule has 42 heavy (non-hydrogen) atoms. The van der Waals surface area contributed by atoms with Crippen LogP contribution in [0.2, 0.25) is 0 Å². The fourth-order valence-corrected chi connectivity index (χ4v) is 5.57. The van der Waals surface area contributed by atoms with Crippen molar-refractivity contribution in [3.8, 4) is 16.9 Å². The summed E-state index contributed by atoms with van der Waals surface area (Å²) in [5, 5.41) is 0. The third-order valence-electron chi connectivity index (χ3n) is 8.01. The zero-order valence-corrected chi connectivity index (χ0v) is 25.9. The maximum absolute atomic E-state index is 13.0. The molecule has 4 rings (SSSR count). The zero-order valence-electron chi connectivity index (χ0n) is 25.9. The molecule has 1 atom stereocenters. The SMILES string of the molecule is CCCCCCCCCC(=O)OC(COc1cccc2c1-c1ccccc1C2=O)CN(Cc1ccccc1)C(C)(C)C. The Morgan fingerprint density at radius 1 is 0.786 bits per heavy atom. The first kappa shape index (κ1) is 31.5. The molecule has 0 amide bonds. The highest BCUT2D eigenvalue weighted by atomic mass is 16.6. The molecular weight excluding hydrogens is 522 g/mol. The number of esters is 1. The summed E-state index contributed by atoms with van der Waals surface area (Å²) < 4.78 is 12.5. The van der Waals surface area contributed by atoms with Gasteiger partial charge in [-0.1, -0.05) is 112 Å². The molecule has 3 aromatic rings. The lowest BCUT2D eigenvalue weighted by Gasteiger charge is -2.38. The molecule has 1 unspecified atom stereocenters. The molecule has 0 radical (unpaired) electrons. The topological polar surface area (TPSA) is 55.8 Å². The Morgan fingerprint density at radius 3 is 2.14 bits per heavy atom. The molecule has 224 valence electrons. The van der Waals surface area contributed by atoms with Crippen molar-refractivity contribution in [1.82, 2.24) is 4.90 Å². The van der Waals surface area contributed by atoms with E-state index in [1.54, 1.807) is 0 Å². The van der Waals surface area contributed by atoms with E-state index in [4.69, 9.17) is 9.47 Å². The van der Waals surface area contributed by atoms with E-state index >= 15 is 0 Å². The number of carbonyl (C=O) groups excluding carboxylic acids is 2. The predicted octanol–water partition coefficient (Wildman–Crippen LogP) is 8.63. The Hall–Kier alpha value is -3.44. The van der Waals surface area contributed by atoms with Gasteiger partial charge in [0.1, 0.15) is 18.5 Å². The molecule has 0 fully saturated rings. The van der Waals surface area contributed by atoms with Crippen molar-refractivity contribution in [2.45, 2.75) is 97.2 Å².